The molecule has 3 heterocycles. The molecule has 2 aromatic carbocycles. The molecule has 3 aromatic rings. The summed E-state index contributed by atoms with van der Waals surface area (Å²) in [5.74, 6) is -0.830. The summed E-state index contributed by atoms with van der Waals surface area (Å²) in [6.45, 7) is 2.36. The van der Waals surface area contributed by atoms with Crippen molar-refractivity contribution in [1.29, 1.82) is 0 Å². The third-order valence-corrected chi connectivity index (χ3v) is 9.03. The maximum absolute atomic E-state index is 15.8. The van der Waals surface area contributed by atoms with Crippen molar-refractivity contribution < 1.29 is 27.2 Å². The zero-order valence-corrected chi connectivity index (χ0v) is 21.8. The number of carbonyl (C=O) groups excluding carboxylic acids is 1. The van der Waals surface area contributed by atoms with Gasteiger partial charge in [0, 0.05) is 55.0 Å². The largest absolute Gasteiger partial charge is 0.492 e. The van der Waals surface area contributed by atoms with Crippen LogP contribution in [0.4, 0.5) is 13.2 Å². The van der Waals surface area contributed by atoms with Crippen LogP contribution in [-0.4, -0.2) is 66.8 Å². The summed E-state index contributed by atoms with van der Waals surface area (Å²) in [5, 5.41) is 1.03. The molecule has 6 rings (SSSR count). The first-order chi connectivity index (χ1) is 18.4. The van der Waals surface area contributed by atoms with Gasteiger partial charge < -0.3 is 9.72 Å². The number of rotatable bonds is 8. The van der Waals surface area contributed by atoms with E-state index >= 15 is 8.78 Å². The number of para-hydroxylation sites is 1. The highest BCUT2D eigenvalue weighted by molar-refractivity contribution is 5.85. The minimum absolute atomic E-state index is 0.0317. The van der Waals surface area contributed by atoms with E-state index in [0.29, 0.717) is 50.6 Å². The monoisotopic (exact) mass is 526 g/mol. The van der Waals surface area contributed by atoms with Gasteiger partial charge in [0.1, 0.15) is 24.0 Å². The molecule has 1 saturated carbocycles. The normalized spacial score (nSPS) is 24.2. The Bertz CT molecular complexity index is 1320. The molecule has 3 aliphatic rings. The minimum Gasteiger partial charge on any atom is -0.492 e. The standard InChI is InChI=1S/C30H35F3N3O2/c1-36(27(37)13-19-5-4-6-19)11-9-23-22-7-2-3-8-26(22)34-29(23)30(36)28-24(32)14-21(15-25(28)33)38-12-10-35-17-20(16-31)18-35/h2-3,7-8,14-15,19-20,30,34H,4-6,9-13,16-18H2,1H3/q+1/t30-,36?/m1/s1. The van der Waals surface area contributed by atoms with Crippen molar-refractivity contribution >= 4 is 16.8 Å². The van der Waals surface area contributed by atoms with Crippen LogP contribution in [0.5, 0.6) is 5.75 Å². The Hall–Kier alpha value is -2.84. The third-order valence-electron chi connectivity index (χ3n) is 9.03. The smallest absolute Gasteiger partial charge is 0.314 e. The van der Waals surface area contributed by atoms with Crippen LogP contribution in [0.3, 0.4) is 0 Å². The number of quaternary nitrogens is 1. The number of H-pyrrole nitrogens is 1. The van der Waals surface area contributed by atoms with Gasteiger partial charge in [-0.15, -0.1) is 0 Å². The van der Waals surface area contributed by atoms with E-state index in [1.54, 1.807) is 0 Å². The highest BCUT2D eigenvalue weighted by atomic mass is 19.1. The number of hydrogen-bond acceptors (Lipinski definition) is 3. The van der Waals surface area contributed by atoms with Crippen molar-refractivity contribution in [3.8, 4) is 5.75 Å². The predicted molar refractivity (Wildman–Crippen MR) is 140 cm³/mol. The lowest BCUT2D eigenvalue weighted by atomic mass is 9.81. The van der Waals surface area contributed by atoms with Gasteiger partial charge in [0.15, 0.2) is 6.04 Å². The van der Waals surface area contributed by atoms with E-state index in [9.17, 15) is 9.18 Å². The Morgan fingerprint density at radius 3 is 2.55 bits per heavy atom. The summed E-state index contributed by atoms with van der Waals surface area (Å²) >= 11 is 0. The number of likely N-dealkylation sites (tertiary alicyclic amines) is 1. The van der Waals surface area contributed by atoms with E-state index in [2.05, 4.69) is 9.88 Å². The van der Waals surface area contributed by atoms with Gasteiger partial charge >= 0.3 is 5.91 Å². The summed E-state index contributed by atoms with van der Waals surface area (Å²) < 4.78 is 50.0. The van der Waals surface area contributed by atoms with Gasteiger partial charge in [-0.1, -0.05) is 24.6 Å². The van der Waals surface area contributed by atoms with Crippen LogP contribution in [0.2, 0.25) is 0 Å². The number of aromatic amines is 1. The molecule has 1 amide bonds. The number of nitrogens with zero attached hydrogens (tertiary/aromatic N) is 2. The number of benzene rings is 2. The Morgan fingerprint density at radius 1 is 1.13 bits per heavy atom. The Morgan fingerprint density at radius 2 is 1.87 bits per heavy atom. The molecule has 8 heteroatoms. The number of halogens is 3. The molecular weight excluding hydrogens is 491 g/mol. The molecule has 0 radical (unpaired) electrons. The molecule has 2 fully saturated rings. The second kappa shape index (κ2) is 10.0. The second-order valence-electron chi connectivity index (χ2n) is 11.5. The van der Waals surface area contributed by atoms with Crippen molar-refractivity contribution in [3.05, 3.63) is 64.9 Å². The quantitative estimate of drug-likeness (QED) is 0.393. The maximum atomic E-state index is 15.8. The molecule has 38 heavy (non-hydrogen) atoms. The van der Waals surface area contributed by atoms with Gasteiger partial charge in [-0.25, -0.2) is 13.6 Å². The molecule has 1 N–H and O–H groups in total. The third kappa shape index (κ3) is 4.41. The summed E-state index contributed by atoms with van der Waals surface area (Å²) in [4.78, 5) is 19.3. The van der Waals surface area contributed by atoms with E-state index < -0.39 is 17.7 Å². The highest BCUT2D eigenvalue weighted by Gasteiger charge is 2.50. The average Bonchev–Trinajstić information content (AvgIpc) is 3.22. The fraction of sp³-hybridized carbons (Fsp3) is 0.500. The fourth-order valence-corrected chi connectivity index (χ4v) is 6.49. The van der Waals surface area contributed by atoms with Crippen molar-refractivity contribution in [2.24, 2.45) is 11.8 Å². The Balaban J connectivity index is 1.33. The number of hydrogen-bond donors (Lipinski definition) is 1. The number of nitrogens with one attached hydrogen (secondary N) is 1. The number of likely N-dealkylation sites (N-methyl/N-ethyl adjacent to an activating group) is 1. The minimum atomic E-state index is -0.813. The van der Waals surface area contributed by atoms with Gasteiger partial charge in [-0.3, -0.25) is 13.8 Å². The lowest BCUT2D eigenvalue weighted by Gasteiger charge is -2.43. The molecule has 5 nitrogen and oxygen atoms in total. The van der Waals surface area contributed by atoms with Crippen molar-refractivity contribution in [3.63, 3.8) is 0 Å². The van der Waals surface area contributed by atoms with Gasteiger partial charge in [0.2, 0.25) is 0 Å². The lowest BCUT2D eigenvalue weighted by Crippen LogP contribution is -2.56. The number of alkyl halides is 1. The summed E-state index contributed by atoms with van der Waals surface area (Å²) in [5.41, 5.74) is 2.55. The molecule has 0 bridgehead atoms. The van der Waals surface area contributed by atoms with Crippen molar-refractivity contribution in [1.82, 2.24) is 9.88 Å². The number of ether oxygens (including phenoxy) is 1. The molecule has 1 saturated heterocycles. The van der Waals surface area contributed by atoms with E-state index in [4.69, 9.17) is 4.74 Å². The molecule has 0 spiro atoms. The summed E-state index contributed by atoms with van der Waals surface area (Å²) in [6.07, 6.45) is 4.30. The van der Waals surface area contributed by atoms with Gasteiger partial charge in [-0.05, 0) is 30.4 Å². The van der Waals surface area contributed by atoms with Crippen LogP contribution in [0.1, 0.15) is 48.5 Å². The van der Waals surface area contributed by atoms with Crippen LogP contribution >= 0.6 is 0 Å². The van der Waals surface area contributed by atoms with Crippen molar-refractivity contribution in [2.45, 2.75) is 38.1 Å². The first-order valence-electron chi connectivity index (χ1n) is 13.8. The molecule has 2 atom stereocenters. The fourth-order valence-electron chi connectivity index (χ4n) is 6.49. The number of carbonyl (C=O) groups is 1. The van der Waals surface area contributed by atoms with Crippen LogP contribution in [0.25, 0.3) is 10.9 Å². The van der Waals surface area contributed by atoms with Crippen LogP contribution < -0.4 is 4.74 Å². The maximum Gasteiger partial charge on any atom is 0.314 e. The molecular formula is C30H35F3N3O2+. The second-order valence-corrected chi connectivity index (χ2v) is 11.5. The van der Waals surface area contributed by atoms with Crippen molar-refractivity contribution in [2.75, 3.05) is 46.5 Å². The topological polar surface area (TPSA) is 45.3 Å². The zero-order valence-electron chi connectivity index (χ0n) is 21.8. The number of fused-ring (bicyclic) bond motifs is 3. The Kier molecular flexibility index (Phi) is 6.72. The zero-order chi connectivity index (χ0) is 26.4. The van der Waals surface area contributed by atoms with Crippen LogP contribution in [0, 0.1) is 23.5 Å². The van der Waals surface area contributed by atoms with E-state index in [-0.39, 0.29) is 40.9 Å². The van der Waals surface area contributed by atoms with E-state index in [1.807, 2.05) is 31.3 Å². The van der Waals surface area contributed by atoms with Crippen LogP contribution in [0.15, 0.2) is 36.4 Å². The van der Waals surface area contributed by atoms with Crippen LogP contribution in [-0.2, 0) is 11.2 Å². The lowest BCUT2D eigenvalue weighted by molar-refractivity contribution is -0.863. The molecule has 1 aromatic heterocycles. The van der Waals surface area contributed by atoms with Gasteiger partial charge in [0.25, 0.3) is 0 Å². The average molecular weight is 527 g/mol. The van der Waals surface area contributed by atoms with Gasteiger partial charge in [0.05, 0.1) is 37.9 Å². The first kappa shape index (κ1) is 25.4. The molecule has 202 valence electrons. The number of aromatic nitrogens is 1. The van der Waals surface area contributed by atoms with Gasteiger partial charge in [-0.2, -0.15) is 0 Å². The Labute approximate surface area is 221 Å². The summed E-state index contributed by atoms with van der Waals surface area (Å²) in [7, 11) is 1.83. The predicted octanol–water partition coefficient (Wildman–Crippen LogP) is 5.54. The molecule has 1 aliphatic carbocycles. The molecule has 1 unspecified atom stereocenters. The first-order valence-corrected chi connectivity index (χ1v) is 13.8. The molecule has 2 aliphatic heterocycles. The highest BCUT2D eigenvalue weighted by Crippen LogP contribution is 2.45. The van der Waals surface area contributed by atoms with E-state index in [1.165, 1.54) is 12.1 Å². The SMILES string of the molecule is C[N+]1(C(=O)CC2CCC2)CCc2c([nH]c3ccccc23)[C@H]1c1c(F)cc(OCCN2CC(CF)C2)cc1F. The summed E-state index contributed by atoms with van der Waals surface area (Å²) in [6, 6.07) is 9.52. The van der Waals surface area contributed by atoms with E-state index in [0.717, 1.165) is 35.7 Å². The number of amides is 1.